The van der Waals surface area contributed by atoms with Crippen molar-refractivity contribution in [2.24, 2.45) is 17.6 Å². The standard InChI is InChI=1S/C15H26N2O2/c1-7-8-11(13(16)18)12(9-10(2)3)14(19)17-15(4,5)6/h7,11-12H,1-2,8-9H2,3-6H3,(H2,16,18)(H,17,19)/t11-,12+/m0/s1. The van der Waals surface area contributed by atoms with E-state index in [1.807, 2.05) is 27.7 Å². The fraction of sp³-hybridized carbons (Fsp3) is 0.600. The van der Waals surface area contributed by atoms with Gasteiger partial charge in [-0.2, -0.15) is 0 Å². The van der Waals surface area contributed by atoms with Crippen LogP contribution in [0, 0.1) is 11.8 Å². The van der Waals surface area contributed by atoms with Crippen LogP contribution in [0.3, 0.4) is 0 Å². The van der Waals surface area contributed by atoms with Gasteiger partial charge in [0.05, 0.1) is 11.8 Å². The van der Waals surface area contributed by atoms with Crippen LogP contribution in [-0.4, -0.2) is 17.4 Å². The Labute approximate surface area is 116 Å². The Morgan fingerprint density at radius 1 is 1.32 bits per heavy atom. The van der Waals surface area contributed by atoms with Crippen molar-refractivity contribution in [3.8, 4) is 0 Å². The summed E-state index contributed by atoms with van der Waals surface area (Å²) in [5.41, 5.74) is 5.91. The van der Waals surface area contributed by atoms with Crippen LogP contribution >= 0.6 is 0 Å². The second kappa shape index (κ2) is 7.12. The van der Waals surface area contributed by atoms with Crippen molar-refractivity contribution in [2.75, 3.05) is 0 Å². The van der Waals surface area contributed by atoms with Gasteiger partial charge in [0, 0.05) is 5.54 Å². The summed E-state index contributed by atoms with van der Waals surface area (Å²) in [4.78, 5) is 23.9. The van der Waals surface area contributed by atoms with E-state index in [1.54, 1.807) is 6.08 Å². The molecule has 2 amide bonds. The normalized spacial score (nSPS) is 14.3. The molecule has 0 aromatic heterocycles. The molecule has 0 aromatic rings. The van der Waals surface area contributed by atoms with Crippen LogP contribution in [0.1, 0.15) is 40.5 Å². The predicted octanol–water partition coefficient (Wildman–Crippen LogP) is 2.16. The molecule has 4 nitrogen and oxygen atoms in total. The fourth-order valence-electron chi connectivity index (χ4n) is 1.91. The van der Waals surface area contributed by atoms with Crippen molar-refractivity contribution in [3.05, 3.63) is 24.8 Å². The summed E-state index contributed by atoms with van der Waals surface area (Å²) in [7, 11) is 0. The monoisotopic (exact) mass is 266 g/mol. The van der Waals surface area contributed by atoms with Crippen LogP contribution in [0.15, 0.2) is 24.8 Å². The zero-order valence-electron chi connectivity index (χ0n) is 12.5. The number of amides is 2. The molecule has 2 atom stereocenters. The molecule has 0 bridgehead atoms. The number of carbonyl (C=O) groups is 2. The van der Waals surface area contributed by atoms with Crippen molar-refractivity contribution >= 4 is 11.8 Å². The van der Waals surface area contributed by atoms with Crippen LogP contribution < -0.4 is 11.1 Å². The largest absolute Gasteiger partial charge is 0.369 e. The van der Waals surface area contributed by atoms with Crippen molar-refractivity contribution in [2.45, 2.75) is 46.1 Å². The summed E-state index contributed by atoms with van der Waals surface area (Å²) in [6.45, 7) is 15.0. The molecule has 4 heteroatoms. The molecule has 0 aliphatic carbocycles. The number of primary amides is 1. The van der Waals surface area contributed by atoms with E-state index in [-0.39, 0.29) is 11.4 Å². The Morgan fingerprint density at radius 3 is 2.16 bits per heavy atom. The summed E-state index contributed by atoms with van der Waals surface area (Å²) >= 11 is 0. The molecular formula is C15H26N2O2. The summed E-state index contributed by atoms with van der Waals surface area (Å²) in [5.74, 6) is -1.68. The van der Waals surface area contributed by atoms with Crippen LogP contribution in [0.2, 0.25) is 0 Å². The third kappa shape index (κ3) is 6.79. The maximum Gasteiger partial charge on any atom is 0.224 e. The van der Waals surface area contributed by atoms with E-state index in [9.17, 15) is 9.59 Å². The minimum absolute atomic E-state index is 0.166. The van der Waals surface area contributed by atoms with E-state index < -0.39 is 17.7 Å². The first-order chi connectivity index (χ1) is 8.58. The maximum absolute atomic E-state index is 12.3. The number of nitrogens with two attached hydrogens (primary N) is 1. The highest BCUT2D eigenvalue weighted by atomic mass is 16.2. The van der Waals surface area contributed by atoms with Gasteiger partial charge in [-0.1, -0.05) is 11.6 Å². The highest BCUT2D eigenvalue weighted by Crippen LogP contribution is 2.24. The fourth-order valence-corrected chi connectivity index (χ4v) is 1.91. The van der Waals surface area contributed by atoms with Gasteiger partial charge in [0.1, 0.15) is 0 Å². The Kier molecular flexibility index (Phi) is 6.53. The third-order valence-electron chi connectivity index (χ3n) is 2.68. The highest BCUT2D eigenvalue weighted by Gasteiger charge is 2.32. The Bertz CT molecular complexity index is 367. The predicted molar refractivity (Wildman–Crippen MR) is 78.3 cm³/mol. The van der Waals surface area contributed by atoms with Crippen molar-refractivity contribution in [1.82, 2.24) is 5.32 Å². The smallest absolute Gasteiger partial charge is 0.224 e. The quantitative estimate of drug-likeness (QED) is 0.693. The van der Waals surface area contributed by atoms with Crippen molar-refractivity contribution in [1.29, 1.82) is 0 Å². The van der Waals surface area contributed by atoms with Gasteiger partial charge in [-0.3, -0.25) is 9.59 Å². The lowest BCUT2D eigenvalue weighted by atomic mass is 9.83. The third-order valence-corrected chi connectivity index (χ3v) is 2.68. The first kappa shape index (κ1) is 17.4. The van der Waals surface area contributed by atoms with Crippen LogP contribution in [0.4, 0.5) is 0 Å². The number of rotatable bonds is 7. The van der Waals surface area contributed by atoms with Crippen LogP contribution in [0.25, 0.3) is 0 Å². The van der Waals surface area contributed by atoms with Gasteiger partial charge in [0.2, 0.25) is 11.8 Å². The first-order valence-electron chi connectivity index (χ1n) is 6.45. The highest BCUT2D eigenvalue weighted by molar-refractivity contribution is 5.87. The minimum atomic E-state index is -0.545. The topological polar surface area (TPSA) is 72.2 Å². The molecule has 0 fully saturated rings. The zero-order valence-corrected chi connectivity index (χ0v) is 12.5. The first-order valence-corrected chi connectivity index (χ1v) is 6.45. The van der Waals surface area contributed by atoms with Crippen molar-refractivity contribution < 1.29 is 9.59 Å². The average molecular weight is 266 g/mol. The second-order valence-electron chi connectivity index (χ2n) is 6.04. The summed E-state index contributed by atoms with van der Waals surface area (Å²) in [5, 5.41) is 2.90. The minimum Gasteiger partial charge on any atom is -0.369 e. The average Bonchev–Trinajstić information content (AvgIpc) is 2.19. The number of allylic oxidation sites excluding steroid dienone is 2. The Hall–Kier alpha value is -1.58. The molecule has 0 unspecified atom stereocenters. The van der Waals surface area contributed by atoms with Gasteiger partial charge in [-0.05, 0) is 40.5 Å². The van der Waals surface area contributed by atoms with Gasteiger partial charge in [-0.25, -0.2) is 0 Å². The molecule has 0 heterocycles. The van der Waals surface area contributed by atoms with E-state index in [1.165, 1.54) is 0 Å². The molecule has 0 rings (SSSR count). The molecule has 108 valence electrons. The van der Waals surface area contributed by atoms with Gasteiger partial charge in [0.15, 0.2) is 0 Å². The second-order valence-corrected chi connectivity index (χ2v) is 6.04. The molecule has 0 saturated carbocycles. The number of nitrogens with one attached hydrogen (secondary N) is 1. The van der Waals surface area contributed by atoms with Gasteiger partial charge in [0.25, 0.3) is 0 Å². The van der Waals surface area contributed by atoms with E-state index in [0.29, 0.717) is 12.8 Å². The van der Waals surface area contributed by atoms with E-state index in [2.05, 4.69) is 18.5 Å². The van der Waals surface area contributed by atoms with Gasteiger partial charge >= 0.3 is 0 Å². The van der Waals surface area contributed by atoms with E-state index >= 15 is 0 Å². The summed E-state index contributed by atoms with van der Waals surface area (Å²) in [6.07, 6.45) is 2.46. The number of carbonyl (C=O) groups excluding carboxylic acids is 2. The molecule has 0 saturated heterocycles. The molecule has 0 spiro atoms. The Morgan fingerprint density at radius 2 is 1.84 bits per heavy atom. The maximum atomic E-state index is 12.3. The van der Waals surface area contributed by atoms with Crippen LogP contribution in [-0.2, 0) is 9.59 Å². The number of hydrogen-bond acceptors (Lipinski definition) is 2. The van der Waals surface area contributed by atoms with E-state index in [0.717, 1.165) is 5.57 Å². The zero-order chi connectivity index (χ0) is 15.2. The molecule has 3 N–H and O–H groups in total. The van der Waals surface area contributed by atoms with Gasteiger partial charge in [-0.15, -0.1) is 13.2 Å². The van der Waals surface area contributed by atoms with Crippen LogP contribution in [0.5, 0.6) is 0 Å². The Balaban J connectivity index is 5.16. The molecule has 19 heavy (non-hydrogen) atoms. The van der Waals surface area contributed by atoms with Gasteiger partial charge < -0.3 is 11.1 Å². The molecule has 0 aromatic carbocycles. The molecular weight excluding hydrogens is 240 g/mol. The summed E-state index contributed by atoms with van der Waals surface area (Å²) in [6, 6.07) is 0. The van der Waals surface area contributed by atoms with Crippen molar-refractivity contribution in [3.63, 3.8) is 0 Å². The number of hydrogen-bond donors (Lipinski definition) is 2. The van der Waals surface area contributed by atoms with E-state index in [4.69, 9.17) is 5.73 Å². The summed E-state index contributed by atoms with van der Waals surface area (Å²) < 4.78 is 0. The molecule has 0 aliphatic rings. The molecule has 0 radical (unpaired) electrons. The molecule has 0 aliphatic heterocycles. The lowest BCUT2D eigenvalue weighted by Gasteiger charge is -2.28. The SMILES string of the molecule is C=CC[C@H](C(N)=O)[C@@H](CC(=C)C)C(=O)NC(C)(C)C. The lowest BCUT2D eigenvalue weighted by Crippen LogP contribution is -2.47. The lowest BCUT2D eigenvalue weighted by molar-refractivity contribution is -0.134.